The van der Waals surface area contributed by atoms with E-state index in [1.165, 1.54) is 56.3 Å². The molecular formula is C24H35NO2. The molecule has 1 saturated heterocycles. The lowest BCUT2D eigenvalue weighted by Gasteiger charge is -2.68. The Morgan fingerprint density at radius 2 is 2.04 bits per heavy atom. The lowest BCUT2D eigenvalue weighted by molar-refractivity contribution is -0.150. The number of hydrogen-bond acceptors (Lipinski definition) is 3. The van der Waals surface area contributed by atoms with Gasteiger partial charge >= 0.3 is 0 Å². The first-order valence-electron chi connectivity index (χ1n) is 11.1. The molecule has 3 fully saturated rings. The predicted molar refractivity (Wildman–Crippen MR) is 108 cm³/mol. The van der Waals surface area contributed by atoms with Gasteiger partial charge in [0.1, 0.15) is 5.75 Å². The summed E-state index contributed by atoms with van der Waals surface area (Å²) in [6, 6.07) is 7.39. The third-order valence-electron chi connectivity index (χ3n) is 8.72. The van der Waals surface area contributed by atoms with Crippen LogP contribution in [-0.2, 0) is 11.8 Å². The predicted octanol–water partition coefficient (Wildman–Crippen LogP) is 4.30. The molecule has 5 rings (SSSR count). The van der Waals surface area contributed by atoms with Crippen molar-refractivity contribution in [3.8, 4) is 5.75 Å². The monoisotopic (exact) mass is 369 g/mol. The molecule has 3 aliphatic carbocycles. The molecular weight excluding hydrogens is 334 g/mol. The minimum atomic E-state index is -0.556. The van der Waals surface area contributed by atoms with Crippen LogP contribution in [0.1, 0.15) is 69.9 Å². The number of piperidine rings is 1. The van der Waals surface area contributed by atoms with Gasteiger partial charge in [0.2, 0.25) is 0 Å². The first kappa shape index (κ1) is 18.0. The molecule has 1 aromatic rings. The summed E-state index contributed by atoms with van der Waals surface area (Å²) in [6.45, 7) is 6.97. The van der Waals surface area contributed by atoms with Gasteiger partial charge < -0.3 is 9.84 Å². The molecule has 3 heteroatoms. The highest BCUT2D eigenvalue weighted by Gasteiger charge is 2.65. The third-order valence-corrected chi connectivity index (χ3v) is 8.72. The Morgan fingerprint density at radius 1 is 1.22 bits per heavy atom. The van der Waals surface area contributed by atoms with Gasteiger partial charge in [-0.15, -0.1) is 0 Å². The van der Waals surface area contributed by atoms with Crippen LogP contribution >= 0.6 is 0 Å². The zero-order chi connectivity index (χ0) is 18.9. The maximum atomic E-state index is 11.2. The fourth-order valence-electron chi connectivity index (χ4n) is 7.25. The molecule has 27 heavy (non-hydrogen) atoms. The van der Waals surface area contributed by atoms with Crippen LogP contribution in [0.3, 0.4) is 0 Å². The highest BCUT2D eigenvalue weighted by molar-refractivity contribution is 5.48. The van der Waals surface area contributed by atoms with Gasteiger partial charge in [-0.25, -0.2) is 0 Å². The Kier molecular flexibility index (Phi) is 3.98. The van der Waals surface area contributed by atoms with Crippen LogP contribution in [0.5, 0.6) is 5.75 Å². The first-order valence-corrected chi connectivity index (χ1v) is 11.1. The fraction of sp³-hybridized carbons (Fsp3) is 0.750. The van der Waals surface area contributed by atoms with E-state index in [2.05, 4.69) is 36.9 Å². The van der Waals surface area contributed by atoms with Crippen molar-refractivity contribution in [1.82, 2.24) is 4.90 Å². The average Bonchev–Trinajstić information content (AvgIpc) is 3.47. The molecule has 1 heterocycles. The van der Waals surface area contributed by atoms with Crippen LogP contribution in [0.2, 0.25) is 0 Å². The quantitative estimate of drug-likeness (QED) is 0.859. The van der Waals surface area contributed by atoms with Crippen LogP contribution in [0.4, 0.5) is 0 Å². The molecule has 2 saturated carbocycles. The highest BCUT2D eigenvalue weighted by atomic mass is 16.5. The summed E-state index contributed by atoms with van der Waals surface area (Å²) in [4.78, 5) is 2.85. The second kappa shape index (κ2) is 5.97. The standard InChI is InChI=1S/C24H35NO2/c1-4-23-10-9-22(2,26)16-24(23)11-12-25(15-17-5-6-17)21(23)13-18-7-8-19(27-3)14-20(18)24/h7-8,14,17,21,26H,4-6,9-13,15-16H2,1-3H3/t21-,22?,23+,24-/m1/s1. The van der Waals surface area contributed by atoms with Crippen LogP contribution in [0.15, 0.2) is 18.2 Å². The number of likely N-dealkylation sites (tertiary alicyclic amines) is 1. The van der Waals surface area contributed by atoms with E-state index in [-0.39, 0.29) is 5.41 Å². The maximum Gasteiger partial charge on any atom is 0.119 e. The van der Waals surface area contributed by atoms with Gasteiger partial charge in [0.25, 0.3) is 0 Å². The van der Waals surface area contributed by atoms with E-state index in [1.807, 2.05) is 0 Å². The molecule has 0 radical (unpaired) electrons. The molecule has 1 N–H and O–H groups in total. The summed E-state index contributed by atoms with van der Waals surface area (Å²) in [7, 11) is 1.77. The minimum Gasteiger partial charge on any atom is -0.497 e. The Morgan fingerprint density at radius 3 is 2.74 bits per heavy atom. The number of nitrogens with zero attached hydrogens (tertiary/aromatic N) is 1. The smallest absolute Gasteiger partial charge is 0.119 e. The Balaban J connectivity index is 1.67. The Hall–Kier alpha value is -1.06. The summed E-state index contributed by atoms with van der Waals surface area (Å²) in [5, 5.41) is 11.2. The molecule has 3 nitrogen and oxygen atoms in total. The topological polar surface area (TPSA) is 32.7 Å². The van der Waals surface area contributed by atoms with E-state index in [0.717, 1.165) is 30.9 Å². The van der Waals surface area contributed by atoms with Crippen molar-refractivity contribution in [2.24, 2.45) is 11.3 Å². The first-order chi connectivity index (χ1) is 12.9. The number of aliphatic hydroxyl groups is 1. The molecule has 1 aliphatic heterocycles. The average molecular weight is 370 g/mol. The van der Waals surface area contributed by atoms with E-state index in [4.69, 9.17) is 4.74 Å². The minimum absolute atomic E-state index is 0.0936. The van der Waals surface area contributed by atoms with E-state index in [0.29, 0.717) is 11.5 Å². The summed E-state index contributed by atoms with van der Waals surface area (Å²) in [5.74, 6) is 1.91. The second-order valence-electron chi connectivity index (χ2n) is 10.2. The molecule has 4 atom stereocenters. The lowest BCUT2D eigenvalue weighted by Crippen LogP contribution is -2.70. The highest BCUT2D eigenvalue weighted by Crippen LogP contribution is 2.66. The largest absolute Gasteiger partial charge is 0.497 e. The van der Waals surface area contributed by atoms with E-state index >= 15 is 0 Å². The number of rotatable bonds is 4. The SMILES string of the molecule is CC[C@@]12CCC(C)(O)C[C@@]13CCN(CC1CC1)[C@@H]2Cc1ccc(OC)cc13. The zero-order valence-corrected chi connectivity index (χ0v) is 17.3. The number of ether oxygens (including phenoxy) is 1. The van der Waals surface area contributed by atoms with Crippen LogP contribution in [0, 0.1) is 11.3 Å². The van der Waals surface area contributed by atoms with Crippen LogP contribution in [-0.4, -0.2) is 41.8 Å². The van der Waals surface area contributed by atoms with Gasteiger partial charge in [-0.3, -0.25) is 4.90 Å². The number of methoxy groups -OCH3 is 1. The van der Waals surface area contributed by atoms with Gasteiger partial charge in [0, 0.05) is 18.0 Å². The van der Waals surface area contributed by atoms with E-state index in [9.17, 15) is 5.11 Å². The van der Waals surface area contributed by atoms with Crippen molar-refractivity contribution in [3.63, 3.8) is 0 Å². The number of hydrogen-bond donors (Lipinski definition) is 1. The normalized spacial score (nSPS) is 41.0. The van der Waals surface area contributed by atoms with Crippen molar-refractivity contribution in [2.45, 2.75) is 82.3 Å². The molecule has 1 aromatic carbocycles. The second-order valence-corrected chi connectivity index (χ2v) is 10.2. The molecule has 2 bridgehead atoms. The lowest BCUT2D eigenvalue weighted by atomic mass is 9.41. The fourth-order valence-corrected chi connectivity index (χ4v) is 7.25. The summed E-state index contributed by atoms with van der Waals surface area (Å²) < 4.78 is 5.62. The van der Waals surface area contributed by atoms with Crippen LogP contribution in [0.25, 0.3) is 0 Å². The van der Waals surface area contributed by atoms with Crippen molar-refractivity contribution >= 4 is 0 Å². The van der Waals surface area contributed by atoms with Gasteiger partial charge in [0.15, 0.2) is 0 Å². The van der Waals surface area contributed by atoms with Gasteiger partial charge in [-0.05, 0) is 99.4 Å². The van der Waals surface area contributed by atoms with Crippen molar-refractivity contribution < 1.29 is 9.84 Å². The van der Waals surface area contributed by atoms with Crippen molar-refractivity contribution in [1.29, 1.82) is 0 Å². The third kappa shape index (κ3) is 2.54. The van der Waals surface area contributed by atoms with Crippen molar-refractivity contribution in [2.75, 3.05) is 20.2 Å². The zero-order valence-electron chi connectivity index (χ0n) is 17.3. The Labute approximate surface area is 164 Å². The van der Waals surface area contributed by atoms with E-state index < -0.39 is 5.60 Å². The molecule has 0 amide bonds. The molecule has 1 unspecified atom stereocenters. The number of fused-ring (bicyclic) bond motifs is 1. The van der Waals surface area contributed by atoms with Crippen LogP contribution < -0.4 is 4.74 Å². The molecule has 0 aromatic heterocycles. The summed E-state index contributed by atoms with van der Waals surface area (Å²) in [5.41, 5.74) is 2.83. The van der Waals surface area contributed by atoms with E-state index in [1.54, 1.807) is 7.11 Å². The molecule has 4 aliphatic rings. The van der Waals surface area contributed by atoms with Gasteiger partial charge in [-0.2, -0.15) is 0 Å². The van der Waals surface area contributed by atoms with Crippen molar-refractivity contribution in [3.05, 3.63) is 29.3 Å². The number of benzene rings is 1. The maximum absolute atomic E-state index is 11.2. The van der Waals surface area contributed by atoms with Gasteiger partial charge in [-0.1, -0.05) is 13.0 Å². The Bertz CT molecular complexity index is 740. The summed E-state index contributed by atoms with van der Waals surface area (Å²) >= 11 is 0. The summed E-state index contributed by atoms with van der Waals surface area (Å²) in [6.07, 6.45) is 9.41. The molecule has 0 spiro atoms. The van der Waals surface area contributed by atoms with Gasteiger partial charge in [0.05, 0.1) is 12.7 Å². The molecule has 148 valence electrons.